The average Bonchev–Trinajstić information content (AvgIpc) is 2.56. The van der Waals surface area contributed by atoms with Crippen LogP contribution >= 0.6 is 0 Å². The van der Waals surface area contributed by atoms with Crippen molar-refractivity contribution >= 4 is 0 Å². The van der Waals surface area contributed by atoms with Crippen LogP contribution in [0.1, 0.15) is 32.1 Å². The van der Waals surface area contributed by atoms with E-state index in [1.807, 2.05) is 0 Å². The molecule has 1 saturated carbocycles. The monoisotopic (exact) mass is 200 g/mol. The highest BCUT2D eigenvalue weighted by Crippen LogP contribution is 2.16. The van der Waals surface area contributed by atoms with Crippen LogP contribution in [0.5, 0.6) is 0 Å². The summed E-state index contributed by atoms with van der Waals surface area (Å²) < 4.78 is 45.9. The molecule has 0 aliphatic heterocycles. The number of ether oxygens (including phenoxy) is 1. The van der Waals surface area contributed by atoms with E-state index in [9.17, 15) is 17.6 Å². The Kier molecular flexibility index (Phi) is 6.36. The molecular formula is C8H12F4O. The molecule has 78 valence electrons. The molecule has 1 aliphatic carbocycles. The minimum atomic E-state index is -4.78. The lowest BCUT2D eigenvalue weighted by molar-refractivity contribution is -0.298. The van der Waals surface area contributed by atoms with Crippen molar-refractivity contribution in [2.45, 2.75) is 38.5 Å². The lowest BCUT2D eigenvalue weighted by Gasteiger charge is -2.00. The van der Waals surface area contributed by atoms with Crippen molar-refractivity contribution in [1.29, 1.82) is 0 Å². The molecule has 1 nitrogen and oxygen atoms in total. The maximum absolute atomic E-state index is 10.8. The molecule has 0 amide bonds. The summed E-state index contributed by atoms with van der Waals surface area (Å²) >= 11 is 0. The second-order valence-electron chi connectivity index (χ2n) is 2.59. The highest BCUT2D eigenvalue weighted by molar-refractivity contribution is 4.57. The number of rotatable bonds is 1. The van der Waals surface area contributed by atoms with E-state index in [2.05, 4.69) is 4.74 Å². The largest absolute Gasteiger partial charge is 0.572 e. The summed E-state index contributed by atoms with van der Waals surface area (Å²) in [6, 6.07) is 0. The van der Waals surface area contributed by atoms with Crippen molar-refractivity contribution in [3.8, 4) is 0 Å². The van der Waals surface area contributed by atoms with Crippen molar-refractivity contribution in [3.63, 3.8) is 0 Å². The van der Waals surface area contributed by atoms with Gasteiger partial charge in [-0.25, -0.2) is 4.39 Å². The predicted molar refractivity (Wildman–Crippen MR) is 40.5 cm³/mol. The van der Waals surface area contributed by atoms with Gasteiger partial charge in [-0.2, -0.15) is 0 Å². The van der Waals surface area contributed by atoms with Gasteiger partial charge in [-0.3, -0.25) is 0 Å². The van der Waals surface area contributed by atoms with Crippen LogP contribution in [0.15, 0.2) is 12.6 Å². The van der Waals surface area contributed by atoms with Gasteiger partial charge >= 0.3 is 6.36 Å². The normalized spacial score (nSPS) is 16.9. The number of alkyl halides is 3. The Morgan fingerprint density at radius 2 is 1.31 bits per heavy atom. The summed E-state index contributed by atoms with van der Waals surface area (Å²) in [6.45, 7) is 0. The molecule has 0 bridgehead atoms. The molecule has 0 unspecified atom stereocenters. The van der Waals surface area contributed by atoms with Crippen molar-refractivity contribution < 1.29 is 22.3 Å². The first kappa shape index (κ1) is 12.3. The van der Waals surface area contributed by atoms with E-state index in [0.717, 1.165) is 0 Å². The minimum absolute atomic E-state index is 0.0833. The Hall–Kier alpha value is -0.740. The number of hydrogen-bond donors (Lipinski definition) is 0. The summed E-state index contributed by atoms with van der Waals surface area (Å²) in [5, 5.41) is 0. The molecule has 0 aromatic carbocycles. The molecule has 0 heterocycles. The average molecular weight is 200 g/mol. The first-order valence-corrected chi connectivity index (χ1v) is 4.06. The van der Waals surface area contributed by atoms with Crippen LogP contribution in [0.25, 0.3) is 0 Å². The lowest BCUT2D eigenvalue weighted by Crippen LogP contribution is -2.07. The maximum Gasteiger partial charge on any atom is 0.572 e. The second kappa shape index (κ2) is 6.74. The lowest BCUT2D eigenvalue weighted by atomic mass is 10.4. The standard InChI is InChI=1S/C5H10.C3H2F4O/c1-2-4-5-3-1;4-1-2-8-3(5,6)7/h1-5H2;1-2H. The van der Waals surface area contributed by atoms with Crippen LogP contribution in [0.2, 0.25) is 0 Å². The quantitative estimate of drug-likeness (QED) is 0.460. The highest BCUT2D eigenvalue weighted by Gasteiger charge is 2.28. The van der Waals surface area contributed by atoms with E-state index in [4.69, 9.17) is 0 Å². The van der Waals surface area contributed by atoms with Crippen molar-refractivity contribution in [3.05, 3.63) is 12.6 Å². The van der Waals surface area contributed by atoms with Crippen molar-refractivity contribution in [1.82, 2.24) is 0 Å². The van der Waals surface area contributed by atoms with E-state index in [0.29, 0.717) is 0 Å². The van der Waals surface area contributed by atoms with E-state index < -0.39 is 6.36 Å². The van der Waals surface area contributed by atoms with Crippen LogP contribution < -0.4 is 0 Å². The van der Waals surface area contributed by atoms with Gasteiger partial charge in [-0.05, 0) is 0 Å². The second-order valence-corrected chi connectivity index (χ2v) is 2.59. The first-order chi connectivity index (χ1) is 6.06. The van der Waals surface area contributed by atoms with Gasteiger partial charge in [0.05, 0.1) is 0 Å². The topological polar surface area (TPSA) is 9.23 Å². The molecule has 0 atom stereocenters. The number of hydrogen-bond acceptors (Lipinski definition) is 1. The van der Waals surface area contributed by atoms with Gasteiger partial charge in [0.2, 0.25) is 0 Å². The Morgan fingerprint density at radius 3 is 1.46 bits per heavy atom. The van der Waals surface area contributed by atoms with Crippen LogP contribution in [0.4, 0.5) is 17.6 Å². The third kappa shape index (κ3) is 11.3. The third-order valence-electron chi connectivity index (χ3n) is 1.50. The first-order valence-electron chi connectivity index (χ1n) is 4.06. The molecule has 0 aromatic heterocycles. The van der Waals surface area contributed by atoms with E-state index in [1.54, 1.807) is 0 Å². The molecular weight excluding hydrogens is 188 g/mol. The summed E-state index contributed by atoms with van der Waals surface area (Å²) in [7, 11) is 0. The summed E-state index contributed by atoms with van der Waals surface area (Å²) in [6.07, 6.45) is 2.30. The van der Waals surface area contributed by atoms with Gasteiger partial charge in [0, 0.05) is 0 Å². The van der Waals surface area contributed by atoms with Crippen molar-refractivity contribution in [2.75, 3.05) is 0 Å². The molecule has 1 fully saturated rings. The third-order valence-corrected chi connectivity index (χ3v) is 1.50. The molecule has 0 saturated heterocycles. The smallest absolute Gasteiger partial charge is 0.411 e. The van der Waals surface area contributed by atoms with E-state index >= 15 is 0 Å². The minimum Gasteiger partial charge on any atom is -0.411 e. The molecule has 0 spiro atoms. The highest BCUT2D eigenvalue weighted by atomic mass is 19.4. The summed E-state index contributed by atoms with van der Waals surface area (Å²) in [5.41, 5.74) is 0. The van der Waals surface area contributed by atoms with Gasteiger partial charge in [0.15, 0.2) is 0 Å². The fourth-order valence-corrected chi connectivity index (χ4v) is 0.987. The van der Waals surface area contributed by atoms with Crippen molar-refractivity contribution in [2.24, 2.45) is 0 Å². The molecule has 0 aromatic rings. The Bertz CT molecular complexity index is 130. The molecule has 1 rings (SSSR count). The van der Waals surface area contributed by atoms with Gasteiger partial charge in [0.25, 0.3) is 0 Å². The van der Waals surface area contributed by atoms with Gasteiger partial charge in [-0.1, -0.05) is 32.1 Å². The SMILES string of the molecule is C1CCCC1.FC=COC(F)(F)F. The molecule has 0 N–H and O–H groups in total. The predicted octanol–water partition coefficient (Wildman–Crippen LogP) is 3.91. The molecule has 1 aliphatic rings. The summed E-state index contributed by atoms with van der Waals surface area (Å²) in [4.78, 5) is 0. The Balaban J connectivity index is 0.000000243. The van der Waals surface area contributed by atoms with Gasteiger partial charge in [0.1, 0.15) is 12.6 Å². The maximum atomic E-state index is 10.8. The molecule has 5 heteroatoms. The number of halogens is 4. The van der Waals surface area contributed by atoms with Crippen LogP contribution in [-0.4, -0.2) is 6.36 Å². The van der Waals surface area contributed by atoms with E-state index in [1.165, 1.54) is 32.1 Å². The van der Waals surface area contributed by atoms with Crippen LogP contribution in [-0.2, 0) is 4.74 Å². The van der Waals surface area contributed by atoms with Crippen LogP contribution in [0.3, 0.4) is 0 Å². The zero-order valence-corrected chi connectivity index (χ0v) is 7.11. The zero-order chi connectivity index (χ0) is 10.2. The Labute approximate surface area is 74.4 Å². The molecule has 13 heavy (non-hydrogen) atoms. The fourth-order valence-electron chi connectivity index (χ4n) is 0.987. The van der Waals surface area contributed by atoms with Crippen LogP contribution in [0, 0.1) is 0 Å². The Morgan fingerprint density at radius 1 is 0.923 bits per heavy atom. The molecule has 0 radical (unpaired) electrons. The van der Waals surface area contributed by atoms with Gasteiger partial charge < -0.3 is 4.74 Å². The zero-order valence-electron chi connectivity index (χ0n) is 7.11. The van der Waals surface area contributed by atoms with Gasteiger partial charge in [-0.15, -0.1) is 13.2 Å². The summed E-state index contributed by atoms with van der Waals surface area (Å²) in [5.74, 6) is 0. The fraction of sp³-hybridized carbons (Fsp3) is 0.750. The van der Waals surface area contributed by atoms with E-state index in [-0.39, 0.29) is 12.6 Å².